The van der Waals surface area contributed by atoms with Crippen LogP contribution in [0.1, 0.15) is 42.5 Å². The molecule has 5 nitrogen and oxygen atoms in total. The first kappa shape index (κ1) is 13.8. The van der Waals surface area contributed by atoms with Gasteiger partial charge < -0.3 is 10.8 Å². The predicted molar refractivity (Wildman–Crippen MR) is 84.3 cm³/mol. The maximum atomic E-state index is 12.1. The van der Waals surface area contributed by atoms with Crippen molar-refractivity contribution in [1.29, 1.82) is 0 Å². The van der Waals surface area contributed by atoms with Gasteiger partial charge in [-0.3, -0.25) is 4.79 Å². The molecule has 2 unspecified atom stereocenters. The highest BCUT2D eigenvalue weighted by Gasteiger charge is 2.53. The van der Waals surface area contributed by atoms with Crippen molar-refractivity contribution in [3.05, 3.63) is 29.8 Å². The number of nitrogen functional groups attached to an aromatic ring is 1. The summed E-state index contributed by atoms with van der Waals surface area (Å²) in [5.41, 5.74) is 10.1. The normalized spacial score (nSPS) is 37.5. The summed E-state index contributed by atoms with van der Waals surface area (Å²) in [5, 5.41) is 15.0. The monoisotopic (exact) mass is 299 g/mol. The summed E-state index contributed by atoms with van der Waals surface area (Å²) >= 11 is 0. The van der Waals surface area contributed by atoms with E-state index in [2.05, 4.69) is 10.5 Å². The average Bonchev–Trinajstić information content (AvgIpc) is 2.45. The van der Waals surface area contributed by atoms with E-state index >= 15 is 0 Å². The van der Waals surface area contributed by atoms with Crippen LogP contribution in [0.15, 0.2) is 29.4 Å². The maximum Gasteiger partial charge on any atom is 0.271 e. The number of rotatable bonds is 2. The molecule has 0 radical (unpaired) electrons. The molecule has 4 fully saturated rings. The molecule has 22 heavy (non-hydrogen) atoms. The minimum Gasteiger partial charge on any atom is -0.399 e. The van der Waals surface area contributed by atoms with Crippen molar-refractivity contribution in [1.82, 2.24) is 5.43 Å². The summed E-state index contributed by atoms with van der Waals surface area (Å²) in [7, 11) is 0. The van der Waals surface area contributed by atoms with Crippen molar-refractivity contribution >= 4 is 17.3 Å². The molecule has 4 bridgehead atoms. The van der Waals surface area contributed by atoms with Crippen LogP contribution in [0.2, 0.25) is 0 Å². The lowest BCUT2D eigenvalue weighted by molar-refractivity contribution is -0.0825. The molecule has 0 heterocycles. The fraction of sp³-hybridized carbons (Fsp3) is 0.529. The van der Waals surface area contributed by atoms with Crippen molar-refractivity contribution in [2.75, 3.05) is 5.73 Å². The topological polar surface area (TPSA) is 87.7 Å². The van der Waals surface area contributed by atoms with Crippen LogP contribution in [0, 0.1) is 17.8 Å². The molecule has 1 aromatic carbocycles. The van der Waals surface area contributed by atoms with Crippen LogP contribution in [0.25, 0.3) is 0 Å². The molecule has 0 aromatic heterocycles. The number of nitrogens with zero attached hydrogens (tertiary/aromatic N) is 1. The Bertz CT molecular complexity index is 620. The highest BCUT2D eigenvalue weighted by molar-refractivity contribution is 5.97. The fourth-order valence-electron chi connectivity index (χ4n) is 4.72. The summed E-state index contributed by atoms with van der Waals surface area (Å²) in [6, 6.07) is 6.82. The first-order valence-corrected chi connectivity index (χ1v) is 7.98. The molecule has 4 saturated carbocycles. The van der Waals surface area contributed by atoms with Crippen molar-refractivity contribution in [2.45, 2.75) is 37.7 Å². The molecule has 4 aliphatic carbocycles. The van der Waals surface area contributed by atoms with E-state index in [0.29, 0.717) is 29.0 Å². The second kappa shape index (κ2) is 4.81. The molecule has 0 saturated heterocycles. The number of anilines is 1. The number of nitrogens with two attached hydrogens (primary N) is 1. The van der Waals surface area contributed by atoms with Gasteiger partial charge in [-0.1, -0.05) is 0 Å². The van der Waals surface area contributed by atoms with E-state index in [9.17, 15) is 9.90 Å². The molecule has 4 N–H and O–H groups in total. The van der Waals surface area contributed by atoms with Crippen molar-refractivity contribution < 1.29 is 9.90 Å². The number of benzene rings is 1. The summed E-state index contributed by atoms with van der Waals surface area (Å²) in [6.07, 6.45) is 4.77. The number of amides is 1. The molecular formula is C17H21N3O2. The second-order valence-corrected chi connectivity index (χ2v) is 7.17. The van der Waals surface area contributed by atoms with Crippen LogP contribution in [-0.2, 0) is 0 Å². The van der Waals surface area contributed by atoms with E-state index in [1.165, 1.54) is 0 Å². The molecule has 116 valence electrons. The lowest BCUT2D eigenvalue weighted by atomic mass is 9.53. The van der Waals surface area contributed by atoms with Gasteiger partial charge in [-0.05, 0) is 62.3 Å². The van der Waals surface area contributed by atoms with E-state index in [1.807, 2.05) is 0 Å². The third-order valence-corrected chi connectivity index (χ3v) is 5.45. The Hall–Kier alpha value is -1.88. The second-order valence-electron chi connectivity index (χ2n) is 7.17. The third-order valence-electron chi connectivity index (χ3n) is 5.45. The SMILES string of the molecule is Nc1ccc(C(=O)NN=C2[C@@H]3CC4C[C@H]2CC(O)(C4)C3)cc1. The molecule has 5 heteroatoms. The van der Waals surface area contributed by atoms with Gasteiger partial charge in [0.1, 0.15) is 0 Å². The molecular weight excluding hydrogens is 278 g/mol. The minimum atomic E-state index is -0.476. The van der Waals surface area contributed by atoms with E-state index < -0.39 is 5.60 Å². The zero-order valence-corrected chi connectivity index (χ0v) is 12.5. The molecule has 0 aliphatic heterocycles. The molecule has 1 aromatic rings. The van der Waals surface area contributed by atoms with Crippen LogP contribution in [-0.4, -0.2) is 22.3 Å². The highest BCUT2D eigenvalue weighted by Crippen LogP contribution is 2.54. The smallest absolute Gasteiger partial charge is 0.271 e. The Morgan fingerprint density at radius 1 is 1.18 bits per heavy atom. The summed E-state index contributed by atoms with van der Waals surface area (Å²) in [4.78, 5) is 12.1. The van der Waals surface area contributed by atoms with E-state index in [-0.39, 0.29) is 5.91 Å². The van der Waals surface area contributed by atoms with Gasteiger partial charge in [0.2, 0.25) is 0 Å². The fourth-order valence-corrected chi connectivity index (χ4v) is 4.72. The van der Waals surface area contributed by atoms with Gasteiger partial charge in [0, 0.05) is 28.8 Å². The Morgan fingerprint density at radius 3 is 2.41 bits per heavy atom. The van der Waals surface area contributed by atoms with Gasteiger partial charge >= 0.3 is 0 Å². The number of nitrogens with one attached hydrogen (secondary N) is 1. The van der Waals surface area contributed by atoms with E-state index in [4.69, 9.17) is 5.73 Å². The van der Waals surface area contributed by atoms with Crippen molar-refractivity contribution in [3.8, 4) is 0 Å². The number of hydrogen-bond acceptors (Lipinski definition) is 4. The quantitative estimate of drug-likeness (QED) is 0.576. The van der Waals surface area contributed by atoms with E-state index in [0.717, 1.165) is 37.8 Å². The van der Waals surface area contributed by atoms with Crippen LogP contribution in [0.4, 0.5) is 5.69 Å². The zero-order valence-electron chi connectivity index (χ0n) is 12.5. The maximum absolute atomic E-state index is 12.1. The first-order valence-electron chi connectivity index (χ1n) is 7.98. The molecule has 4 atom stereocenters. The summed E-state index contributed by atoms with van der Waals surface area (Å²) in [6.45, 7) is 0. The lowest BCUT2D eigenvalue weighted by Crippen LogP contribution is -2.55. The lowest BCUT2D eigenvalue weighted by Gasteiger charge is -2.54. The van der Waals surface area contributed by atoms with Crippen LogP contribution in [0.5, 0.6) is 0 Å². The van der Waals surface area contributed by atoms with Gasteiger partial charge in [-0.15, -0.1) is 0 Å². The molecule has 4 aliphatic rings. The van der Waals surface area contributed by atoms with Crippen molar-refractivity contribution in [2.24, 2.45) is 22.9 Å². The number of hydrogen-bond donors (Lipinski definition) is 3. The third kappa shape index (κ3) is 2.29. The summed E-state index contributed by atoms with van der Waals surface area (Å²) in [5.74, 6) is 1.10. The van der Waals surface area contributed by atoms with E-state index in [1.54, 1.807) is 24.3 Å². The van der Waals surface area contributed by atoms with Crippen LogP contribution >= 0.6 is 0 Å². The van der Waals surface area contributed by atoms with Gasteiger partial charge in [-0.25, -0.2) is 5.43 Å². The van der Waals surface area contributed by atoms with Crippen LogP contribution in [0.3, 0.4) is 0 Å². The average molecular weight is 299 g/mol. The molecule has 1 amide bonds. The van der Waals surface area contributed by atoms with Crippen molar-refractivity contribution in [3.63, 3.8) is 0 Å². The minimum absolute atomic E-state index is 0.208. The standard InChI is InChI=1S/C17H21N3O2/c18-14-3-1-11(2-4-14)16(21)20-19-15-12-5-10-6-13(15)9-17(22,7-10)8-12/h1-4,10,12-13,22H,5-9,18H2,(H,20,21)/t10?,12-,13+,17?. The van der Waals surface area contributed by atoms with Gasteiger partial charge in [0.25, 0.3) is 5.91 Å². The zero-order chi connectivity index (χ0) is 15.3. The molecule has 5 rings (SSSR count). The largest absolute Gasteiger partial charge is 0.399 e. The molecule has 0 spiro atoms. The number of carbonyl (C=O) groups excluding carboxylic acids is 1. The van der Waals surface area contributed by atoms with Crippen LogP contribution < -0.4 is 11.2 Å². The Morgan fingerprint density at radius 2 is 1.82 bits per heavy atom. The number of carbonyl (C=O) groups is 1. The number of aliphatic hydroxyl groups is 1. The van der Waals surface area contributed by atoms with Gasteiger partial charge in [-0.2, -0.15) is 5.10 Å². The first-order chi connectivity index (χ1) is 10.5. The highest BCUT2D eigenvalue weighted by atomic mass is 16.3. The Labute approximate surface area is 129 Å². The Balaban J connectivity index is 1.49. The predicted octanol–water partition coefficient (Wildman–Crippen LogP) is 1.93. The number of hydrazone groups is 1. The Kier molecular flexibility index (Phi) is 3.01. The van der Waals surface area contributed by atoms with Gasteiger partial charge in [0.15, 0.2) is 0 Å². The van der Waals surface area contributed by atoms with Gasteiger partial charge in [0.05, 0.1) is 5.60 Å². The summed E-state index contributed by atoms with van der Waals surface area (Å²) < 4.78 is 0.